The van der Waals surface area contributed by atoms with E-state index >= 15 is 0 Å². The number of nitrogens with two attached hydrogens (primary N) is 1. The average Bonchev–Trinajstić information content (AvgIpc) is 2.32. The molecular weight excluding hydrogens is 327 g/mol. The molecule has 0 aliphatic carbocycles. The fourth-order valence-corrected chi connectivity index (χ4v) is 1.88. The van der Waals surface area contributed by atoms with E-state index in [0.29, 0.717) is 17.0 Å². The number of ether oxygens (including phenoxy) is 1. The molecule has 0 fully saturated rings. The summed E-state index contributed by atoms with van der Waals surface area (Å²) in [5, 5.41) is 8.87. The van der Waals surface area contributed by atoms with Crippen molar-refractivity contribution in [3.05, 3.63) is 51.6 Å². The Kier molecular flexibility index (Phi) is 3.49. The van der Waals surface area contributed by atoms with E-state index in [1.165, 1.54) is 0 Å². The van der Waals surface area contributed by atoms with E-state index in [2.05, 4.69) is 22.6 Å². The van der Waals surface area contributed by atoms with Crippen LogP contribution in [0.1, 0.15) is 5.56 Å². The molecule has 0 bridgehead atoms. The molecule has 0 heterocycles. The lowest BCUT2D eigenvalue weighted by molar-refractivity contribution is 0.482. The first kappa shape index (κ1) is 11.7. The molecule has 17 heavy (non-hydrogen) atoms. The first-order valence-electron chi connectivity index (χ1n) is 4.92. The van der Waals surface area contributed by atoms with Gasteiger partial charge >= 0.3 is 0 Å². The summed E-state index contributed by atoms with van der Waals surface area (Å²) in [5.74, 6) is 1.35. The number of nitrogen functional groups attached to an aromatic ring is 1. The maximum atomic E-state index is 8.87. The molecule has 0 saturated heterocycles. The first-order valence-corrected chi connectivity index (χ1v) is 6.00. The van der Waals surface area contributed by atoms with Gasteiger partial charge in [0.15, 0.2) is 0 Å². The third kappa shape index (κ3) is 2.88. The molecule has 0 aromatic heterocycles. The monoisotopic (exact) mass is 336 g/mol. The summed E-state index contributed by atoms with van der Waals surface area (Å²) in [5.41, 5.74) is 6.52. The van der Waals surface area contributed by atoms with Gasteiger partial charge in [0, 0.05) is 15.3 Å². The molecule has 84 valence electrons. The van der Waals surface area contributed by atoms with Crippen molar-refractivity contribution in [1.82, 2.24) is 0 Å². The van der Waals surface area contributed by atoms with Crippen LogP contribution in [-0.4, -0.2) is 0 Å². The summed E-state index contributed by atoms with van der Waals surface area (Å²) < 4.78 is 6.74. The van der Waals surface area contributed by atoms with Crippen molar-refractivity contribution in [2.45, 2.75) is 0 Å². The predicted molar refractivity (Wildman–Crippen MR) is 74.8 cm³/mol. The van der Waals surface area contributed by atoms with Gasteiger partial charge in [0.25, 0.3) is 0 Å². The van der Waals surface area contributed by atoms with E-state index in [1.807, 2.05) is 30.3 Å². The molecule has 2 rings (SSSR count). The van der Waals surface area contributed by atoms with Crippen molar-refractivity contribution in [2.75, 3.05) is 5.73 Å². The number of benzene rings is 2. The zero-order valence-corrected chi connectivity index (χ0v) is 11.0. The molecule has 0 amide bonds. The summed E-state index contributed by atoms with van der Waals surface area (Å²) in [6.45, 7) is 0. The molecule has 0 radical (unpaired) electrons. The molecule has 0 aliphatic heterocycles. The fourth-order valence-electron chi connectivity index (χ4n) is 1.36. The lowest BCUT2D eigenvalue weighted by Crippen LogP contribution is -1.91. The lowest BCUT2D eigenvalue weighted by atomic mass is 10.2. The Morgan fingerprint density at radius 3 is 2.59 bits per heavy atom. The van der Waals surface area contributed by atoms with E-state index in [-0.39, 0.29) is 0 Å². The summed E-state index contributed by atoms with van der Waals surface area (Å²) in [6.07, 6.45) is 0. The van der Waals surface area contributed by atoms with Gasteiger partial charge in [-0.2, -0.15) is 5.26 Å². The zero-order chi connectivity index (χ0) is 12.3. The predicted octanol–water partition coefficient (Wildman–Crippen LogP) is 3.54. The minimum Gasteiger partial charge on any atom is -0.457 e. The minimum atomic E-state index is 0.424. The van der Waals surface area contributed by atoms with Crippen molar-refractivity contribution < 1.29 is 4.74 Å². The Balaban J connectivity index is 2.28. The van der Waals surface area contributed by atoms with Crippen molar-refractivity contribution >= 4 is 28.3 Å². The number of nitrogens with zero attached hydrogens (tertiary/aromatic N) is 1. The minimum absolute atomic E-state index is 0.424. The van der Waals surface area contributed by atoms with Gasteiger partial charge in [0.05, 0.1) is 5.56 Å². The Hall–Kier alpha value is -1.74. The van der Waals surface area contributed by atoms with E-state index in [0.717, 1.165) is 9.32 Å². The van der Waals surface area contributed by atoms with E-state index in [9.17, 15) is 0 Å². The first-order chi connectivity index (χ1) is 8.19. The average molecular weight is 336 g/mol. The normalized spacial score (nSPS) is 9.65. The Bertz CT molecular complexity index is 590. The SMILES string of the molecule is N#Cc1cc(Oc2cccc(I)c2)ccc1N. The highest BCUT2D eigenvalue weighted by Gasteiger charge is 2.02. The highest BCUT2D eigenvalue weighted by atomic mass is 127. The summed E-state index contributed by atoms with van der Waals surface area (Å²) in [7, 11) is 0. The van der Waals surface area contributed by atoms with Crippen LogP contribution in [0.2, 0.25) is 0 Å². The molecular formula is C13H9IN2O. The molecule has 4 heteroatoms. The molecule has 2 aromatic rings. The van der Waals surface area contributed by atoms with Crippen molar-refractivity contribution in [1.29, 1.82) is 5.26 Å². The molecule has 0 aliphatic rings. The largest absolute Gasteiger partial charge is 0.457 e. The molecule has 0 spiro atoms. The second-order valence-corrected chi connectivity index (χ2v) is 4.67. The molecule has 0 saturated carbocycles. The van der Waals surface area contributed by atoms with Crippen LogP contribution in [-0.2, 0) is 0 Å². The van der Waals surface area contributed by atoms with Crippen molar-refractivity contribution in [3.8, 4) is 17.6 Å². The molecule has 0 atom stereocenters. The van der Waals surface area contributed by atoms with E-state index < -0.39 is 0 Å². The zero-order valence-electron chi connectivity index (χ0n) is 8.85. The smallest absolute Gasteiger partial charge is 0.128 e. The van der Waals surface area contributed by atoms with Crippen molar-refractivity contribution in [2.24, 2.45) is 0 Å². The number of anilines is 1. The summed E-state index contributed by atoms with van der Waals surface area (Å²) in [4.78, 5) is 0. The van der Waals surface area contributed by atoms with E-state index in [1.54, 1.807) is 18.2 Å². The van der Waals surface area contributed by atoms with Gasteiger partial charge in [-0.15, -0.1) is 0 Å². The van der Waals surface area contributed by atoms with Crippen LogP contribution in [0.4, 0.5) is 5.69 Å². The van der Waals surface area contributed by atoms with Crippen LogP contribution >= 0.6 is 22.6 Å². The van der Waals surface area contributed by atoms with Gasteiger partial charge in [-0.25, -0.2) is 0 Å². The summed E-state index contributed by atoms with van der Waals surface area (Å²) >= 11 is 2.22. The van der Waals surface area contributed by atoms with Gasteiger partial charge in [-0.05, 0) is 52.9 Å². The molecule has 0 unspecified atom stereocenters. The maximum absolute atomic E-state index is 8.87. The number of halogens is 1. The van der Waals surface area contributed by atoms with E-state index in [4.69, 9.17) is 15.7 Å². The van der Waals surface area contributed by atoms with Gasteiger partial charge in [0.2, 0.25) is 0 Å². The van der Waals surface area contributed by atoms with Crippen LogP contribution in [0.3, 0.4) is 0 Å². The molecule has 2 aromatic carbocycles. The van der Waals surface area contributed by atoms with Gasteiger partial charge in [0.1, 0.15) is 17.6 Å². The maximum Gasteiger partial charge on any atom is 0.128 e. The highest BCUT2D eigenvalue weighted by molar-refractivity contribution is 14.1. The number of hydrogen-bond acceptors (Lipinski definition) is 3. The third-order valence-corrected chi connectivity index (χ3v) is 2.85. The Labute approximate surface area is 113 Å². The van der Waals surface area contributed by atoms with Crippen molar-refractivity contribution in [3.63, 3.8) is 0 Å². The summed E-state index contributed by atoms with van der Waals surface area (Å²) in [6, 6.07) is 14.8. The van der Waals surface area contributed by atoms with Crippen LogP contribution in [0, 0.1) is 14.9 Å². The van der Waals surface area contributed by atoms with Gasteiger partial charge in [-0.1, -0.05) is 6.07 Å². The standard InChI is InChI=1S/C13H9IN2O/c14-10-2-1-3-11(7-10)17-12-4-5-13(16)9(6-12)8-15/h1-7H,16H2. The van der Waals surface area contributed by atoms with Crippen LogP contribution < -0.4 is 10.5 Å². The van der Waals surface area contributed by atoms with Crippen LogP contribution in [0.5, 0.6) is 11.5 Å². The Morgan fingerprint density at radius 1 is 1.12 bits per heavy atom. The van der Waals surface area contributed by atoms with Crippen LogP contribution in [0.25, 0.3) is 0 Å². The fraction of sp³-hybridized carbons (Fsp3) is 0. The quantitative estimate of drug-likeness (QED) is 0.674. The number of rotatable bonds is 2. The Morgan fingerprint density at radius 2 is 1.88 bits per heavy atom. The number of hydrogen-bond donors (Lipinski definition) is 1. The number of nitriles is 1. The molecule has 3 nitrogen and oxygen atoms in total. The second-order valence-electron chi connectivity index (χ2n) is 3.42. The lowest BCUT2D eigenvalue weighted by Gasteiger charge is -2.07. The van der Waals surface area contributed by atoms with Gasteiger partial charge < -0.3 is 10.5 Å². The highest BCUT2D eigenvalue weighted by Crippen LogP contribution is 2.25. The van der Waals surface area contributed by atoms with Crippen LogP contribution in [0.15, 0.2) is 42.5 Å². The third-order valence-electron chi connectivity index (χ3n) is 2.18. The molecule has 2 N–H and O–H groups in total. The van der Waals surface area contributed by atoms with Gasteiger partial charge in [-0.3, -0.25) is 0 Å². The topological polar surface area (TPSA) is 59.0 Å². The second kappa shape index (κ2) is 5.06.